The topological polar surface area (TPSA) is 59.3 Å². The highest BCUT2D eigenvalue weighted by atomic mass is 16.4. The first-order valence-corrected chi connectivity index (χ1v) is 5.48. The zero-order valence-electron chi connectivity index (χ0n) is 10.4. The van der Waals surface area contributed by atoms with Crippen LogP contribution in [-0.4, -0.2) is 17.1 Å². The van der Waals surface area contributed by atoms with Crippen molar-refractivity contribution in [2.75, 3.05) is 5.32 Å². The molecule has 0 spiro atoms. The summed E-state index contributed by atoms with van der Waals surface area (Å²) < 4.78 is 5.49. The van der Waals surface area contributed by atoms with E-state index in [0.29, 0.717) is 22.8 Å². The molecule has 1 aliphatic carbocycles. The standard InChI is InChI=1S/C13H15NO3/c1-7-10-8(15)5-6-9(16)11(10)12(17-7)14-13(2,3)4/h5-6,14H,1-4H3. The number of allylic oxidation sites excluding steroid dienone is 2. The molecule has 0 saturated carbocycles. The third-order valence-electron chi connectivity index (χ3n) is 2.45. The summed E-state index contributed by atoms with van der Waals surface area (Å²) in [6.45, 7) is 7.57. The van der Waals surface area contributed by atoms with Gasteiger partial charge in [0.2, 0.25) is 5.88 Å². The van der Waals surface area contributed by atoms with Gasteiger partial charge in [-0.2, -0.15) is 0 Å². The number of carbonyl (C=O) groups excluding carboxylic acids is 2. The predicted molar refractivity (Wildman–Crippen MR) is 64.6 cm³/mol. The van der Waals surface area contributed by atoms with Crippen LogP contribution in [0.3, 0.4) is 0 Å². The van der Waals surface area contributed by atoms with Crippen molar-refractivity contribution in [2.45, 2.75) is 33.2 Å². The van der Waals surface area contributed by atoms with Crippen LogP contribution in [0.4, 0.5) is 5.88 Å². The molecule has 0 bridgehead atoms. The van der Waals surface area contributed by atoms with Gasteiger partial charge in [0.05, 0.1) is 11.1 Å². The summed E-state index contributed by atoms with van der Waals surface area (Å²) in [5.41, 5.74) is 0.497. The van der Waals surface area contributed by atoms with E-state index in [2.05, 4.69) is 5.32 Å². The Balaban J connectivity index is 2.56. The van der Waals surface area contributed by atoms with Crippen molar-refractivity contribution in [1.29, 1.82) is 0 Å². The normalized spacial score (nSPS) is 15.1. The summed E-state index contributed by atoms with van der Waals surface area (Å²) in [6.07, 6.45) is 2.57. The van der Waals surface area contributed by atoms with Crippen molar-refractivity contribution in [3.05, 3.63) is 29.0 Å². The number of hydrogen-bond acceptors (Lipinski definition) is 4. The maximum absolute atomic E-state index is 11.8. The number of ketones is 2. The van der Waals surface area contributed by atoms with Gasteiger partial charge in [0.15, 0.2) is 11.6 Å². The summed E-state index contributed by atoms with van der Waals surface area (Å²) in [5.74, 6) is 0.494. The van der Waals surface area contributed by atoms with Crippen LogP contribution in [-0.2, 0) is 0 Å². The van der Waals surface area contributed by atoms with Crippen molar-refractivity contribution in [2.24, 2.45) is 0 Å². The van der Waals surface area contributed by atoms with Gasteiger partial charge in [-0.05, 0) is 39.8 Å². The number of furan rings is 1. The van der Waals surface area contributed by atoms with Crippen molar-refractivity contribution in [3.8, 4) is 0 Å². The zero-order valence-corrected chi connectivity index (χ0v) is 10.4. The first kappa shape index (κ1) is 11.6. The highest BCUT2D eigenvalue weighted by Crippen LogP contribution is 2.32. The molecule has 2 rings (SSSR count). The molecule has 1 heterocycles. The maximum Gasteiger partial charge on any atom is 0.205 e. The van der Waals surface area contributed by atoms with Gasteiger partial charge in [0.25, 0.3) is 0 Å². The van der Waals surface area contributed by atoms with Gasteiger partial charge in [-0.1, -0.05) is 0 Å². The minimum absolute atomic E-state index is 0.178. The molecule has 90 valence electrons. The van der Waals surface area contributed by atoms with Crippen molar-refractivity contribution in [1.82, 2.24) is 0 Å². The van der Waals surface area contributed by atoms with Crippen molar-refractivity contribution in [3.63, 3.8) is 0 Å². The highest BCUT2D eigenvalue weighted by molar-refractivity contribution is 6.24. The van der Waals surface area contributed by atoms with E-state index in [-0.39, 0.29) is 17.1 Å². The third kappa shape index (κ3) is 2.02. The van der Waals surface area contributed by atoms with Gasteiger partial charge in [-0.25, -0.2) is 0 Å². The van der Waals surface area contributed by atoms with E-state index >= 15 is 0 Å². The van der Waals surface area contributed by atoms with Gasteiger partial charge >= 0.3 is 0 Å². The quantitative estimate of drug-likeness (QED) is 0.810. The van der Waals surface area contributed by atoms with E-state index in [4.69, 9.17) is 4.42 Å². The first-order chi connectivity index (χ1) is 7.79. The summed E-state index contributed by atoms with van der Waals surface area (Å²) in [7, 11) is 0. The van der Waals surface area contributed by atoms with Crippen LogP contribution in [0.25, 0.3) is 0 Å². The second-order valence-electron chi connectivity index (χ2n) is 5.17. The largest absolute Gasteiger partial charge is 0.444 e. The fraction of sp³-hybridized carbons (Fsp3) is 0.385. The minimum Gasteiger partial charge on any atom is -0.444 e. The molecule has 17 heavy (non-hydrogen) atoms. The number of fused-ring (bicyclic) bond motifs is 1. The van der Waals surface area contributed by atoms with Crippen LogP contribution in [0.5, 0.6) is 0 Å². The average Bonchev–Trinajstić information content (AvgIpc) is 2.48. The summed E-state index contributed by atoms with van der Waals surface area (Å²) >= 11 is 0. The lowest BCUT2D eigenvalue weighted by molar-refractivity contribution is 0.0995. The number of nitrogens with one attached hydrogen (secondary N) is 1. The maximum atomic E-state index is 11.8. The van der Waals surface area contributed by atoms with Crippen LogP contribution in [0.2, 0.25) is 0 Å². The molecule has 0 atom stereocenters. The summed E-state index contributed by atoms with van der Waals surface area (Å²) in [4.78, 5) is 23.5. The molecule has 0 aliphatic heterocycles. The molecule has 1 aromatic rings. The molecular weight excluding hydrogens is 218 g/mol. The Morgan fingerprint density at radius 3 is 2.12 bits per heavy atom. The molecule has 0 saturated heterocycles. The Kier molecular flexibility index (Phi) is 2.45. The fourth-order valence-corrected chi connectivity index (χ4v) is 1.82. The van der Waals surface area contributed by atoms with E-state index in [9.17, 15) is 9.59 Å². The monoisotopic (exact) mass is 233 g/mol. The van der Waals surface area contributed by atoms with Crippen LogP contribution in [0.1, 0.15) is 47.2 Å². The zero-order chi connectivity index (χ0) is 12.8. The van der Waals surface area contributed by atoms with Gasteiger partial charge < -0.3 is 9.73 Å². The lowest BCUT2D eigenvalue weighted by Crippen LogP contribution is -2.27. The molecule has 1 aromatic heterocycles. The van der Waals surface area contributed by atoms with E-state index in [1.165, 1.54) is 12.2 Å². The van der Waals surface area contributed by atoms with Crippen LogP contribution in [0, 0.1) is 6.92 Å². The molecule has 4 heteroatoms. The average molecular weight is 233 g/mol. The summed E-state index contributed by atoms with van der Waals surface area (Å²) in [6, 6.07) is 0. The number of aryl methyl sites for hydroxylation is 1. The van der Waals surface area contributed by atoms with Crippen molar-refractivity contribution < 1.29 is 14.0 Å². The molecule has 0 aromatic carbocycles. The van der Waals surface area contributed by atoms with E-state index in [1.807, 2.05) is 20.8 Å². The van der Waals surface area contributed by atoms with Crippen LogP contribution >= 0.6 is 0 Å². The Hall–Kier alpha value is -1.84. The van der Waals surface area contributed by atoms with Gasteiger partial charge in [-0.3, -0.25) is 9.59 Å². The second kappa shape index (κ2) is 3.58. The fourth-order valence-electron chi connectivity index (χ4n) is 1.82. The number of hydrogen-bond donors (Lipinski definition) is 1. The Morgan fingerprint density at radius 2 is 1.59 bits per heavy atom. The minimum atomic E-state index is -0.234. The molecule has 0 unspecified atom stereocenters. The van der Waals surface area contributed by atoms with E-state index in [1.54, 1.807) is 6.92 Å². The number of anilines is 1. The lowest BCUT2D eigenvalue weighted by Gasteiger charge is -2.20. The van der Waals surface area contributed by atoms with E-state index < -0.39 is 0 Å². The Morgan fingerprint density at radius 1 is 1.06 bits per heavy atom. The molecule has 0 fully saturated rings. The lowest BCUT2D eigenvalue weighted by atomic mass is 9.96. The van der Waals surface area contributed by atoms with Crippen LogP contribution in [0.15, 0.2) is 16.6 Å². The van der Waals surface area contributed by atoms with Gasteiger partial charge in [0.1, 0.15) is 5.76 Å². The van der Waals surface area contributed by atoms with Gasteiger partial charge in [0, 0.05) is 5.54 Å². The molecule has 0 radical (unpaired) electrons. The molecular formula is C13H15NO3. The number of carbonyl (C=O) groups is 2. The smallest absolute Gasteiger partial charge is 0.205 e. The molecule has 4 nitrogen and oxygen atoms in total. The van der Waals surface area contributed by atoms with E-state index in [0.717, 1.165) is 0 Å². The SMILES string of the molecule is Cc1oc(NC(C)(C)C)c2c1C(=O)C=CC2=O. The third-order valence-corrected chi connectivity index (χ3v) is 2.45. The highest BCUT2D eigenvalue weighted by Gasteiger charge is 2.30. The first-order valence-electron chi connectivity index (χ1n) is 5.48. The summed E-state index contributed by atoms with van der Waals surface area (Å²) in [5, 5.41) is 3.11. The Bertz CT molecular complexity index is 530. The van der Waals surface area contributed by atoms with Crippen LogP contribution < -0.4 is 5.32 Å². The predicted octanol–water partition coefficient (Wildman–Crippen LogP) is 2.73. The molecule has 1 N–H and O–H groups in total. The molecule has 0 amide bonds. The second-order valence-corrected chi connectivity index (χ2v) is 5.17. The van der Waals surface area contributed by atoms with Crippen molar-refractivity contribution >= 4 is 17.5 Å². The van der Waals surface area contributed by atoms with Gasteiger partial charge in [-0.15, -0.1) is 0 Å². The Labute approximate surface area is 99.7 Å². The molecule has 1 aliphatic rings. The number of rotatable bonds is 1.